The van der Waals surface area contributed by atoms with Crippen LogP contribution in [0.5, 0.6) is 0 Å². The van der Waals surface area contributed by atoms with Gasteiger partial charge in [0.2, 0.25) is 0 Å². The molecule has 0 atom stereocenters. The molecule has 0 heterocycles. The molecular formula is C14H18N2O5. The van der Waals surface area contributed by atoms with Crippen molar-refractivity contribution in [2.75, 3.05) is 27.7 Å². The smallest absolute Gasteiger partial charge is 0.335 e. The quantitative estimate of drug-likeness (QED) is 0.820. The number of carboxylic acid groups (broad SMARTS) is 1. The van der Waals surface area contributed by atoms with E-state index in [1.165, 1.54) is 36.1 Å². The number of rotatable bonds is 5. The average molecular weight is 294 g/mol. The number of likely N-dealkylation sites (N-methyl/N-ethyl adjacent to an activating group) is 1. The number of aromatic carboxylic acids is 1. The minimum atomic E-state index is -0.996. The van der Waals surface area contributed by atoms with Crippen LogP contribution in [0.1, 0.15) is 15.9 Å². The number of carboxylic acids is 1. The third kappa shape index (κ3) is 4.79. The van der Waals surface area contributed by atoms with E-state index in [2.05, 4.69) is 4.74 Å². The van der Waals surface area contributed by atoms with Gasteiger partial charge in [-0.1, -0.05) is 12.1 Å². The van der Waals surface area contributed by atoms with Crippen molar-refractivity contribution in [1.82, 2.24) is 9.80 Å². The van der Waals surface area contributed by atoms with E-state index in [4.69, 9.17) is 5.11 Å². The molecule has 0 fully saturated rings. The molecule has 0 saturated heterocycles. The molecule has 0 saturated carbocycles. The summed E-state index contributed by atoms with van der Waals surface area (Å²) in [6.45, 7) is 0.182. The van der Waals surface area contributed by atoms with Crippen molar-refractivity contribution in [2.24, 2.45) is 0 Å². The summed E-state index contributed by atoms with van der Waals surface area (Å²) in [5.41, 5.74) is 0.984. The first-order valence-corrected chi connectivity index (χ1v) is 6.20. The van der Waals surface area contributed by atoms with Gasteiger partial charge in [0, 0.05) is 20.6 Å². The SMILES string of the molecule is COC(=O)CN(C)C(=O)N(C)Cc1ccc(C(=O)O)cc1. The number of amides is 2. The van der Waals surface area contributed by atoms with Crippen molar-refractivity contribution in [3.05, 3.63) is 35.4 Å². The van der Waals surface area contributed by atoms with Crippen LogP contribution in [0.2, 0.25) is 0 Å². The first kappa shape index (κ1) is 16.5. The molecule has 0 bridgehead atoms. The molecule has 0 aromatic heterocycles. The normalized spacial score (nSPS) is 9.86. The monoisotopic (exact) mass is 294 g/mol. The summed E-state index contributed by atoms with van der Waals surface area (Å²) in [5.74, 6) is -1.49. The number of carbonyl (C=O) groups excluding carboxylic acids is 2. The minimum absolute atomic E-state index is 0.127. The van der Waals surface area contributed by atoms with Gasteiger partial charge in [0.05, 0.1) is 12.7 Å². The van der Waals surface area contributed by atoms with Gasteiger partial charge in [-0.25, -0.2) is 9.59 Å². The summed E-state index contributed by atoms with van der Waals surface area (Å²) < 4.78 is 4.50. The Labute approximate surface area is 122 Å². The fourth-order valence-corrected chi connectivity index (χ4v) is 1.71. The third-order valence-electron chi connectivity index (χ3n) is 2.87. The number of hydrogen-bond donors (Lipinski definition) is 1. The molecule has 7 heteroatoms. The molecule has 21 heavy (non-hydrogen) atoms. The van der Waals surface area contributed by atoms with Gasteiger partial charge in [0.15, 0.2) is 0 Å². The van der Waals surface area contributed by atoms with Crippen molar-refractivity contribution in [2.45, 2.75) is 6.54 Å². The van der Waals surface area contributed by atoms with E-state index in [0.717, 1.165) is 5.56 Å². The second-order valence-corrected chi connectivity index (χ2v) is 4.57. The summed E-state index contributed by atoms with van der Waals surface area (Å²) >= 11 is 0. The Morgan fingerprint density at radius 3 is 2.14 bits per heavy atom. The van der Waals surface area contributed by atoms with E-state index in [1.807, 2.05) is 0 Å². The topological polar surface area (TPSA) is 87.2 Å². The van der Waals surface area contributed by atoms with E-state index in [0.29, 0.717) is 6.54 Å². The van der Waals surface area contributed by atoms with Crippen LogP contribution >= 0.6 is 0 Å². The zero-order valence-corrected chi connectivity index (χ0v) is 12.2. The van der Waals surface area contributed by atoms with Crippen LogP contribution in [-0.4, -0.2) is 60.6 Å². The van der Waals surface area contributed by atoms with E-state index >= 15 is 0 Å². The van der Waals surface area contributed by atoms with Crippen LogP contribution in [0, 0.1) is 0 Å². The van der Waals surface area contributed by atoms with Gasteiger partial charge in [0.25, 0.3) is 0 Å². The van der Waals surface area contributed by atoms with Gasteiger partial charge >= 0.3 is 18.0 Å². The lowest BCUT2D eigenvalue weighted by Gasteiger charge is -2.24. The number of benzene rings is 1. The highest BCUT2D eigenvalue weighted by molar-refractivity contribution is 5.87. The zero-order valence-electron chi connectivity index (χ0n) is 12.2. The summed E-state index contributed by atoms with van der Waals surface area (Å²) in [7, 11) is 4.36. The maximum Gasteiger partial charge on any atom is 0.335 e. The first-order chi connectivity index (χ1) is 9.85. The highest BCUT2D eigenvalue weighted by Crippen LogP contribution is 2.08. The van der Waals surface area contributed by atoms with Crippen molar-refractivity contribution >= 4 is 18.0 Å². The maximum atomic E-state index is 12.0. The number of esters is 1. The van der Waals surface area contributed by atoms with Crippen molar-refractivity contribution in [3.8, 4) is 0 Å². The van der Waals surface area contributed by atoms with Gasteiger partial charge in [0.1, 0.15) is 6.54 Å². The second-order valence-electron chi connectivity index (χ2n) is 4.57. The van der Waals surface area contributed by atoms with E-state index in [-0.39, 0.29) is 18.1 Å². The largest absolute Gasteiger partial charge is 0.478 e. The molecule has 1 rings (SSSR count). The second kappa shape index (κ2) is 7.28. The van der Waals surface area contributed by atoms with E-state index in [1.54, 1.807) is 19.2 Å². The van der Waals surface area contributed by atoms with Gasteiger partial charge in [-0.3, -0.25) is 4.79 Å². The Balaban J connectivity index is 2.63. The zero-order chi connectivity index (χ0) is 16.0. The first-order valence-electron chi connectivity index (χ1n) is 6.20. The number of methoxy groups -OCH3 is 1. The lowest BCUT2D eigenvalue weighted by molar-refractivity contribution is -0.141. The Morgan fingerprint density at radius 2 is 1.67 bits per heavy atom. The number of ether oxygens (including phenoxy) is 1. The van der Waals surface area contributed by atoms with Crippen molar-refractivity contribution < 1.29 is 24.2 Å². The number of urea groups is 1. The highest BCUT2D eigenvalue weighted by Gasteiger charge is 2.17. The predicted molar refractivity (Wildman–Crippen MR) is 74.9 cm³/mol. The van der Waals surface area contributed by atoms with Gasteiger partial charge in [-0.05, 0) is 17.7 Å². The lowest BCUT2D eigenvalue weighted by atomic mass is 10.1. The van der Waals surface area contributed by atoms with Crippen molar-refractivity contribution in [3.63, 3.8) is 0 Å². The Bertz CT molecular complexity index is 527. The Morgan fingerprint density at radius 1 is 1.10 bits per heavy atom. The van der Waals surface area contributed by atoms with Crippen LogP contribution in [0.15, 0.2) is 24.3 Å². The standard InChI is InChI=1S/C14H18N2O5/c1-15(14(20)16(2)9-12(17)21-3)8-10-4-6-11(7-5-10)13(18)19/h4-7H,8-9H2,1-3H3,(H,18,19). The van der Waals surface area contributed by atoms with Crippen LogP contribution in [-0.2, 0) is 16.1 Å². The molecule has 0 aliphatic rings. The van der Waals surface area contributed by atoms with Crippen LogP contribution < -0.4 is 0 Å². The highest BCUT2D eigenvalue weighted by atomic mass is 16.5. The summed E-state index contributed by atoms with van der Waals surface area (Å²) in [6, 6.07) is 5.92. The molecule has 1 aromatic rings. The van der Waals surface area contributed by atoms with Gasteiger partial charge in [-0.2, -0.15) is 0 Å². The lowest BCUT2D eigenvalue weighted by Crippen LogP contribution is -2.41. The number of nitrogens with zero attached hydrogens (tertiary/aromatic N) is 2. The molecule has 114 valence electrons. The Hall–Kier alpha value is -2.57. The molecule has 1 N–H and O–H groups in total. The van der Waals surface area contributed by atoms with Gasteiger partial charge < -0.3 is 19.6 Å². The summed E-state index contributed by atoms with van der Waals surface area (Å²) in [6.07, 6.45) is 0. The molecule has 7 nitrogen and oxygen atoms in total. The molecular weight excluding hydrogens is 276 g/mol. The van der Waals surface area contributed by atoms with Crippen LogP contribution in [0.3, 0.4) is 0 Å². The molecule has 2 amide bonds. The molecule has 0 unspecified atom stereocenters. The summed E-state index contributed by atoms with van der Waals surface area (Å²) in [4.78, 5) is 36.6. The Kier molecular flexibility index (Phi) is 5.71. The molecule has 0 spiro atoms. The van der Waals surface area contributed by atoms with Gasteiger partial charge in [-0.15, -0.1) is 0 Å². The van der Waals surface area contributed by atoms with Crippen molar-refractivity contribution in [1.29, 1.82) is 0 Å². The predicted octanol–water partition coefficient (Wildman–Crippen LogP) is 1.04. The fourth-order valence-electron chi connectivity index (χ4n) is 1.71. The third-order valence-corrected chi connectivity index (χ3v) is 2.87. The van der Waals surface area contributed by atoms with E-state index < -0.39 is 11.9 Å². The molecule has 0 aliphatic heterocycles. The van der Waals surface area contributed by atoms with Crippen LogP contribution in [0.25, 0.3) is 0 Å². The maximum absolute atomic E-state index is 12.0. The summed E-state index contributed by atoms with van der Waals surface area (Å²) in [5, 5.41) is 8.81. The average Bonchev–Trinajstić information content (AvgIpc) is 2.46. The fraction of sp³-hybridized carbons (Fsp3) is 0.357. The molecule has 1 aromatic carbocycles. The molecule has 0 aliphatic carbocycles. The number of hydrogen-bond acceptors (Lipinski definition) is 4. The van der Waals surface area contributed by atoms with E-state index in [9.17, 15) is 14.4 Å². The minimum Gasteiger partial charge on any atom is -0.478 e. The molecule has 0 radical (unpaired) electrons. The number of carbonyl (C=O) groups is 3. The van der Waals surface area contributed by atoms with Crippen LogP contribution in [0.4, 0.5) is 4.79 Å².